The second-order valence-electron chi connectivity index (χ2n) is 5.38. The first-order valence-electron chi connectivity index (χ1n) is 7.72. The lowest BCUT2D eigenvalue weighted by Crippen LogP contribution is -2.34. The van der Waals surface area contributed by atoms with Crippen LogP contribution in [0.1, 0.15) is 24.2 Å². The van der Waals surface area contributed by atoms with E-state index in [1.807, 2.05) is 6.92 Å². The van der Waals surface area contributed by atoms with E-state index in [0.717, 1.165) is 0 Å². The standard InChI is InChI=1S/C18H18N2O4/c1-3-23-14-6-4-5-12(9-14)18(22)19-13-7-8-16-15(10-13)20-17(21)11(2)24-16/h4-11H,3H2,1-2H3,(H,19,22)(H,20,21). The lowest BCUT2D eigenvalue weighted by Gasteiger charge is -2.23. The van der Waals surface area contributed by atoms with Crippen LogP contribution in [0.2, 0.25) is 0 Å². The Labute approximate surface area is 139 Å². The van der Waals surface area contributed by atoms with Crippen LogP contribution >= 0.6 is 0 Å². The molecule has 0 spiro atoms. The summed E-state index contributed by atoms with van der Waals surface area (Å²) < 4.78 is 10.9. The van der Waals surface area contributed by atoms with Crippen molar-refractivity contribution in [3.63, 3.8) is 0 Å². The second kappa shape index (κ2) is 6.62. The van der Waals surface area contributed by atoms with Crippen molar-refractivity contribution in [2.75, 3.05) is 17.2 Å². The number of carbonyl (C=O) groups excluding carboxylic acids is 2. The average molecular weight is 326 g/mol. The molecule has 0 saturated heterocycles. The maximum absolute atomic E-state index is 12.4. The molecule has 3 rings (SSSR count). The smallest absolute Gasteiger partial charge is 0.265 e. The molecule has 2 aromatic rings. The molecule has 1 atom stereocenters. The van der Waals surface area contributed by atoms with Gasteiger partial charge in [0.05, 0.1) is 12.3 Å². The third-order valence-electron chi connectivity index (χ3n) is 3.58. The highest BCUT2D eigenvalue weighted by molar-refractivity contribution is 6.05. The predicted octanol–water partition coefficient (Wildman–Crippen LogP) is 3.06. The third-order valence-corrected chi connectivity index (χ3v) is 3.58. The molecule has 0 aromatic heterocycles. The number of carbonyl (C=O) groups is 2. The van der Waals surface area contributed by atoms with Crippen LogP contribution < -0.4 is 20.1 Å². The topological polar surface area (TPSA) is 76.7 Å². The summed E-state index contributed by atoms with van der Waals surface area (Å²) in [4.78, 5) is 24.0. The maximum atomic E-state index is 12.4. The molecule has 0 bridgehead atoms. The van der Waals surface area contributed by atoms with Crippen LogP contribution in [-0.2, 0) is 4.79 Å². The number of amides is 2. The summed E-state index contributed by atoms with van der Waals surface area (Å²) >= 11 is 0. The van der Waals surface area contributed by atoms with Gasteiger partial charge in [0.15, 0.2) is 6.10 Å². The number of fused-ring (bicyclic) bond motifs is 1. The molecule has 0 fully saturated rings. The van der Waals surface area contributed by atoms with E-state index in [1.165, 1.54) is 0 Å². The zero-order valence-electron chi connectivity index (χ0n) is 13.5. The van der Waals surface area contributed by atoms with Gasteiger partial charge < -0.3 is 20.1 Å². The average Bonchev–Trinajstić information content (AvgIpc) is 2.57. The van der Waals surface area contributed by atoms with Crippen LogP contribution in [-0.4, -0.2) is 24.5 Å². The molecule has 1 unspecified atom stereocenters. The first-order chi connectivity index (χ1) is 11.6. The molecule has 1 aliphatic rings. The number of rotatable bonds is 4. The van der Waals surface area contributed by atoms with Gasteiger partial charge in [-0.3, -0.25) is 9.59 Å². The number of anilines is 2. The molecular formula is C18H18N2O4. The van der Waals surface area contributed by atoms with Crippen LogP contribution in [0.15, 0.2) is 42.5 Å². The van der Waals surface area contributed by atoms with E-state index in [9.17, 15) is 9.59 Å². The van der Waals surface area contributed by atoms with Crippen molar-refractivity contribution in [2.24, 2.45) is 0 Å². The minimum Gasteiger partial charge on any atom is -0.494 e. The molecule has 6 nitrogen and oxygen atoms in total. The number of hydrogen-bond donors (Lipinski definition) is 2. The number of benzene rings is 2. The second-order valence-corrected chi connectivity index (χ2v) is 5.38. The van der Waals surface area contributed by atoms with E-state index < -0.39 is 6.10 Å². The first kappa shape index (κ1) is 15.9. The normalized spacial score (nSPS) is 15.8. The van der Waals surface area contributed by atoms with Gasteiger partial charge in [-0.1, -0.05) is 6.07 Å². The Hall–Kier alpha value is -3.02. The van der Waals surface area contributed by atoms with Crippen LogP contribution in [0.25, 0.3) is 0 Å². The van der Waals surface area contributed by atoms with Gasteiger partial charge in [0.2, 0.25) is 0 Å². The Balaban J connectivity index is 1.77. The summed E-state index contributed by atoms with van der Waals surface area (Å²) in [6.45, 7) is 4.10. The summed E-state index contributed by atoms with van der Waals surface area (Å²) in [5.41, 5.74) is 1.60. The summed E-state index contributed by atoms with van der Waals surface area (Å²) in [6.07, 6.45) is -0.528. The molecule has 0 aliphatic carbocycles. The molecule has 2 aromatic carbocycles. The van der Waals surface area contributed by atoms with Crippen LogP contribution in [0.3, 0.4) is 0 Å². The summed E-state index contributed by atoms with van der Waals surface area (Å²) in [5.74, 6) is 0.756. The maximum Gasteiger partial charge on any atom is 0.265 e. The monoisotopic (exact) mass is 326 g/mol. The molecule has 1 aliphatic heterocycles. The van der Waals surface area contributed by atoms with E-state index in [4.69, 9.17) is 9.47 Å². The Bertz CT molecular complexity index is 788. The highest BCUT2D eigenvalue weighted by Crippen LogP contribution is 2.32. The molecule has 2 amide bonds. The van der Waals surface area contributed by atoms with Crippen molar-refractivity contribution in [1.29, 1.82) is 0 Å². The Morgan fingerprint density at radius 3 is 2.92 bits per heavy atom. The minimum atomic E-state index is -0.528. The molecule has 124 valence electrons. The number of ether oxygens (including phenoxy) is 2. The van der Waals surface area contributed by atoms with Crippen molar-refractivity contribution in [1.82, 2.24) is 0 Å². The van der Waals surface area contributed by atoms with Gasteiger partial charge in [-0.2, -0.15) is 0 Å². The molecular weight excluding hydrogens is 308 g/mol. The highest BCUT2D eigenvalue weighted by Gasteiger charge is 2.23. The molecule has 6 heteroatoms. The van der Waals surface area contributed by atoms with Crippen molar-refractivity contribution in [3.05, 3.63) is 48.0 Å². The van der Waals surface area contributed by atoms with Crippen molar-refractivity contribution < 1.29 is 19.1 Å². The van der Waals surface area contributed by atoms with Crippen molar-refractivity contribution in [2.45, 2.75) is 20.0 Å². The lowest BCUT2D eigenvalue weighted by atomic mass is 10.1. The zero-order valence-corrected chi connectivity index (χ0v) is 13.5. The van der Waals surface area contributed by atoms with Crippen LogP contribution in [0.4, 0.5) is 11.4 Å². The van der Waals surface area contributed by atoms with Gasteiger partial charge in [-0.15, -0.1) is 0 Å². The molecule has 24 heavy (non-hydrogen) atoms. The quantitative estimate of drug-likeness (QED) is 0.905. The summed E-state index contributed by atoms with van der Waals surface area (Å²) in [6, 6.07) is 12.1. The fourth-order valence-electron chi connectivity index (χ4n) is 2.38. The van der Waals surface area contributed by atoms with Crippen molar-refractivity contribution >= 4 is 23.2 Å². The zero-order chi connectivity index (χ0) is 17.1. The highest BCUT2D eigenvalue weighted by atomic mass is 16.5. The van der Waals surface area contributed by atoms with E-state index in [2.05, 4.69) is 10.6 Å². The SMILES string of the molecule is CCOc1cccc(C(=O)Nc2ccc3c(c2)NC(=O)C(C)O3)c1. The molecule has 0 saturated carbocycles. The van der Waals surface area contributed by atoms with Gasteiger partial charge in [-0.25, -0.2) is 0 Å². The Morgan fingerprint density at radius 2 is 2.12 bits per heavy atom. The Kier molecular flexibility index (Phi) is 4.37. The fraction of sp³-hybridized carbons (Fsp3) is 0.222. The van der Waals surface area contributed by atoms with Gasteiger partial charge in [0.1, 0.15) is 11.5 Å². The summed E-state index contributed by atoms with van der Waals surface area (Å²) in [7, 11) is 0. The van der Waals surface area contributed by atoms with E-state index >= 15 is 0 Å². The van der Waals surface area contributed by atoms with Crippen LogP contribution in [0.5, 0.6) is 11.5 Å². The van der Waals surface area contributed by atoms with Crippen molar-refractivity contribution in [3.8, 4) is 11.5 Å². The molecule has 1 heterocycles. The van der Waals surface area contributed by atoms with Gasteiger partial charge in [0.25, 0.3) is 11.8 Å². The molecule has 2 N–H and O–H groups in total. The first-order valence-corrected chi connectivity index (χ1v) is 7.72. The van der Waals surface area contributed by atoms with E-state index in [0.29, 0.717) is 35.0 Å². The van der Waals surface area contributed by atoms with Crippen LogP contribution in [0, 0.1) is 0 Å². The third kappa shape index (κ3) is 3.32. The molecule has 0 radical (unpaired) electrons. The number of nitrogens with one attached hydrogen (secondary N) is 2. The van der Waals surface area contributed by atoms with E-state index in [-0.39, 0.29) is 11.8 Å². The predicted molar refractivity (Wildman–Crippen MR) is 90.7 cm³/mol. The van der Waals surface area contributed by atoms with Gasteiger partial charge >= 0.3 is 0 Å². The Morgan fingerprint density at radius 1 is 1.29 bits per heavy atom. The summed E-state index contributed by atoms with van der Waals surface area (Å²) in [5, 5.41) is 5.56. The van der Waals surface area contributed by atoms with Gasteiger partial charge in [-0.05, 0) is 50.2 Å². The largest absolute Gasteiger partial charge is 0.494 e. The lowest BCUT2D eigenvalue weighted by molar-refractivity contribution is -0.122. The minimum absolute atomic E-state index is 0.213. The fourth-order valence-corrected chi connectivity index (χ4v) is 2.38. The van der Waals surface area contributed by atoms with Gasteiger partial charge in [0, 0.05) is 11.3 Å². The van der Waals surface area contributed by atoms with E-state index in [1.54, 1.807) is 49.4 Å². The number of hydrogen-bond acceptors (Lipinski definition) is 4.